The molecule has 0 saturated carbocycles. The lowest BCUT2D eigenvalue weighted by Crippen LogP contribution is -2.29. The normalized spacial score (nSPS) is 13.3. The number of unbranched alkanes of at least 4 members (excludes halogenated alkanes) is 12. The molecule has 286 valence electrons. The van der Waals surface area contributed by atoms with Crippen LogP contribution < -0.4 is 0 Å². The maximum absolute atomic E-state index is 12.4. The van der Waals surface area contributed by atoms with Crippen LogP contribution in [0, 0.1) is 0 Å². The second-order valence-electron chi connectivity index (χ2n) is 12.5. The molecule has 0 aromatic rings. The number of ether oxygens (including phenoxy) is 2. The molecule has 0 unspecified atom stereocenters. The molecular formula is C41H69O8P. The highest BCUT2D eigenvalue weighted by atomic mass is 31.2. The van der Waals surface area contributed by atoms with Crippen molar-refractivity contribution >= 4 is 19.8 Å². The minimum absolute atomic E-state index is 0.184. The van der Waals surface area contributed by atoms with E-state index in [0.717, 1.165) is 70.6 Å². The van der Waals surface area contributed by atoms with Crippen molar-refractivity contribution in [3.63, 3.8) is 0 Å². The summed E-state index contributed by atoms with van der Waals surface area (Å²) in [6.07, 6.45) is 46.3. The number of carbonyl (C=O) groups excluding carboxylic acids is 2. The smallest absolute Gasteiger partial charge is 0.462 e. The monoisotopic (exact) mass is 720 g/mol. The van der Waals surface area contributed by atoms with Gasteiger partial charge < -0.3 is 19.3 Å². The molecule has 8 nitrogen and oxygen atoms in total. The van der Waals surface area contributed by atoms with Crippen molar-refractivity contribution < 1.29 is 37.9 Å². The van der Waals surface area contributed by atoms with Crippen molar-refractivity contribution in [1.29, 1.82) is 0 Å². The number of phosphoric acid groups is 1. The molecule has 0 aliphatic carbocycles. The molecule has 0 radical (unpaired) electrons. The van der Waals surface area contributed by atoms with Crippen LogP contribution in [0.5, 0.6) is 0 Å². The summed E-state index contributed by atoms with van der Waals surface area (Å²) in [5.74, 6) is -0.969. The van der Waals surface area contributed by atoms with E-state index in [1.54, 1.807) is 0 Å². The van der Waals surface area contributed by atoms with Crippen LogP contribution in [0.3, 0.4) is 0 Å². The van der Waals surface area contributed by atoms with Crippen LogP contribution in [0.1, 0.15) is 155 Å². The zero-order chi connectivity index (χ0) is 36.8. The van der Waals surface area contributed by atoms with Gasteiger partial charge in [-0.05, 0) is 77.0 Å². The van der Waals surface area contributed by atoms with Gasteiger partial charge in [0.25, 0.3) is 0 Å². The zero-order valence-corrected chi connectivity index (χ0v) is 32.2. The molecule has 2 N–H and O–H groups in total. The number of phosphoric ester groups is 1. The quantitative estimate of drug-likeness (QED) is 0.0292. The Hall–Kier alpha value is -2.51. The van der Waals surface area contributed by atoms with Gasteiger partial charge in [-0.2, -0.15) is 0 Å². The van der Waals surface area contributed by atoms with E-state index in [4.69, 9.17) is 19.3 Å². The molecule has 50 heavy (non-hydrogen) atoms. The van der Waals surface area contributed by atoms with Crippen molar-refractivity contribution in [3.8, 4) is 0 Å². The Morgan fingerprint density at radius 3 is 1.52 bits per heavy atom. The average molecular weight is 721 g/mol. The number of hydrogen-bond acceptors (Lipinski definition) is 6. The summed E-state index contributed by atoms with van der Waals surface area (Å²) < 4.78 is 26.3. The lowest BCUT2D eigenvalue weighted by atomic mass is 10.1. The molecular weight excluding hydrogens is 651 g/mol. The summed E-state index contributed by atoms with van der Waals surface area (Å²) in [4.78, 5) is 42.7. The predicted octanol–water partition coefficient (Wildman–Crippen LogP) is 11.5. The molecule has 0 heterocycles. The van der Waals surface area contributed by atoms with Gasteiger partial charge in [0.05, 0.1) is 6.61 Å². The first-order valence-electron chi connectivity index (χ1n) is 19.2. The van der Waals surface area contributed by atoms with Crippen LogP contribution in [-0.4, -0.2) is 41.0 Å². The van der Waals surface area contributed by atoms with E-state index in [0.29, 0.717) is 12.8 Å². The molecule has 0 amide bonds. The number of allylic oxidation sites excluding steroid dienone is 12. The highest BCUT2D eigenvalue weighted by Crippen LogP contribution is 2.36. The molecule has 0 aromatic carbocycles. The lowest BCUT2D eigenvalue weighted by molar-refractivity contribution is -0.161. The van der Waals surface area contributed by atoms with Crippen LogP contribution in [0.15, 0.2) is 72.9 Å². The van der Waals surface area contributed by atoms with Gasteiger partial charge in [0.15, 0.2) is 6.10 Å². The minimum Gasteiger partial charge on any atom is -0.462 e. The lowest BCUT2D eigenvalue weighted by Gasteiger charge is -2.18. The summed E-state index contributed by atoms with van der Waals surface area (Å²) in [6, 6.07) is 0. The van der Waals surface area contributed by atoms with Gasteiger partial charge in [-0.1, -0.05) is 138 Å². The molecule has 0 bridgehead atoms. The Labute approximate surface area is 304 Å². The molecule has 0 saturated heterocycles. The molecule has 0 aromatic heterocycles. The SMILES string of the molecule is CC/C=C\C/C=C\C/C=C\C/C=C\C/C=C\CCCC(=O)OC[C@H](COP(=O)(O)O)OC(=O)CCCCCCC/C=C\CCCCCCCC. The third-order valence-electron chi connectivity index (χ3n) is 7.71. The number of carbonyl (C=O) groups is 2. The zero-order valence-electron chi connectivity index (χ0n) is 31.3. The van der Waals surface area contributed by atoms with Gasteiger partial charge in [-0.15, -0.1) is 0 Å². The van der Waals surface area contributed by atoms with E-state index in [1.165, 1.54) is 44.9 Å². The molecule has 0 spiro atoms. The fourth-order valence-electron chi connectivity index (χ4n) is 4.87. The summed E-state index contributed by atoms with van der Waals surface area (Å²) >= 11 is 0. The topological polar surface area (TPSA) is 119 Å². The summed E-state index contributed by atoms with van der Waals surface area (Å²) in [6.45, 7) is 3.49. The first-order chi connectivity index (χ1) is 24.3. The summed E-state index contributed by atoms with van der Waals surface area (Å²) in [7, 11) is -4.77. The molecule has 0 fully saturated rings. The maximum atomic E-state index is 12.4. The van der Waals surface area contributed by atoms with Crippen molar-refractivity contribution in [2.45, 2.75) is 161 Å². The van der Waals surface area contributed by atoms with Crippen molar-refractivity contribution in [3.05, 3.63) is 72.9 Å². The van der Waals surface area contributed by atoms with E-state index in [9.17, 15) is 14.2 Å². The van der Waals surface area contributed by atoms with E-state index in [2.05, 4.69) is 85.2 Å². The van der Waals surface area contributed by atoms with Crippen molar-refractivity contribution in [2.75, 3.05) is 13.2 Å². The Kier molecular flexibility index (Phi) is 34.5. The first-order valence-corrected chi connectivity index (χ1v) is 20.8. The Balaban J connectivity index is 4.09. The third-order valence-corrected chi connectivity index (χ3v) is 8.19. The fourth-order valence-corrected chi connectivity index (χ4v) is 5.23. The average Bonchev–Trinajstić information content (AvgIpc) is 3.08. The maximum Gasteiger partial charge on any atom is 0.469 e. The van der Waals surface area contributed by atoms with E-state index >= 15 is 0 Å². The second kappa shape index (κ2) is 36.3. The van der Waals surface area contributed by atoms with Gasteiger partial charge >= 0.3 is 19.8 Å². The highest BCUT2D eigenvalue weighted by Gasteiger charge is 2.22. The Morgan fingerprint density at radius 1 is 0.540 bits per heavy atom. The molecule has 0 aliphatic heterocycles. The predicted molar refractivity (Wildman–Crippen MR) is 207 cm³/mol. The van der Waals surface area contributed by atoms with Crippen LogP contribution in [0.2, 0.25) is 0 Å². The van der Waals surface area contributed by atoms with Crippen molar-refractivity contribution in [1.82, 2.24) is 0 Å². The van der Waals surface area contributed by atoms with Crippen LogP contribution in [-0.2, 0) is 28.2 Å². The van der Waals surface area contributed by atoms with Gasteiger partial charge in [0.1, 0.15) is 6.61 Å². The Bertz CT molecular complexity index is 1040. The van der Waals surface area contributed by atoms with Crippen LogP contribution in [0.4, 0.5) is 0 Å². The van der Waals surface area contributed by atoms with Crippen LogP contribution in [0.25, 0.3) is 0 Å². The molecule has 0 aliphatic rings. The van der Waals surface area contributed by atoms with Crippen LogP contribution >= 0.6 is 7.82 Å². The van der Waals surface area contributed by atoms with Gasteiger partial charge in [-0.25, -0.2) is 4.57 Å². The number of esters is 2. The summed E-state index contributed by atoms with van der Waals surface area (Å²) in [5, 5.41) is 0. The number of hydrogen-bond donors (Lipinski definition) is 2. The minimum atomic E-state index is -4.77. The largest absolute Gasteiger partial charge is 0.469 e. The highest BCUT2D eigenvalue weighted by molar-refractivity contribution is 7.46. The standard InChI is InChI=1S/C41H69O8P/c1-3-5-7-9-11-13-15-17-19-20-22-23-25-27-29-31-33-35-40(42)47-37-39(38-48-50(44,45)46)49-41(43)36-34-32-30-28-26-24-21-18-16-14-12-10-8-6-4-2/h5,7,11,13,17-19,21-23,27,29,39H,3-4,6,8-10,12,14-16,20,24-26,28,30-38H2,1-2H3,(H2,44,45,46)/b7-5-,13-11-,19-17-,21-18-,23-22-,29-27-/t39-/m1/s1. The van der Waals surface area contributed by atoms with E-state index in [-0.39, 0.29) is 19.4 Å². The van der Waals surface area contributed by atoms with E-state index < -0.39 is 32.5 Å². The van der Waals surface area contributed by atoms with Gasteiger partial charge in [-0.3, -0.25) is 14.1 Å². The van der Waals surface area contributed by atoms with Gasteiger partial charge in [0.2, 0.25) is 0 Å². The third kappa shape index (κ3) is 38.3. The molecule has 9 heteroatoms. The first kappa shape index (κ1) is 47.5. The van der Waals surface area contributed by atoms with Crippen molar-refractivity contribution in [2.24, 2.45) is 0 Å². The Morgan fingerprint density at radius 2 is 0.980 bits per heavy atom. The van der Waals surface area contributed by atoms with Gasteiger partial charge in [0, 0.05) is 12.8 Å². The fraction of sp³-hybridized carbons (Fsp3) is 0.659. The van der Waals surface area contributed by atoms with E-state index in [1.807, 2.05) is 6.08 Å². The summed E-state index contributed by atoms with van der Waals surface area (Å²) in [5.41, 5.74) is 0. The molecule has 0 rings (SSSR count). The number of rotatable bonds is 34. The molecule has 1 atom stereocenters. The second-order valence-corrected chi connectivity index (χ2v) is 13.8.